The van der Waals surface area contributed by atoms with E-state index in [2.05, 4.69) is 39.8 Å². The van der Waals surface area contributed by atoms with Gasteiger partial charge in [0.1, 0.15) is 5.60 Å². The van der Waals surface area contributed by atoms with Crippen molar-refractivity contribution in [3.05, 3.63) is 12.2 Å². The number of Topliss-reactive ketones (excluding diaryl/α,β-unsaturated/α-hetero) is 1. The third-order valence-electron chi connectivity index (χ3n) is 10.5. The van der Waals surface area contributed by atoms with Gasteiger partial charge in [0, 0.05) is 24.7 Å². The van der Waals surface area contributed by atoms with Crippen LogP contribution in [0.15, 0.2) is 12.2 Å². The van der Waals surface area contributed by atoms with Crippen molar-refractivity contribution >= 4 is 5.78 Å². The molecule has 4 rings (SSSR count). The first-order valence-electron chi connectivity index (χ1n) is 12.7. The van der Waals surface area contributed by atoms with E-state index in [0.717, 1.165) is 25.7 Å². The SMILES string of the molecule is CC(C)CC=C[C@@H](C)[C@H]1CC[C@H]2[C@@H]3CC(=O)[C@@]4(O)C[C@@H](O)C[C@@H](O)[C@]4(C)[C@H]3CC[C@]12C. The highest BCUT2D eigenvalue weighted by molar-refractivity contribution is 5.90. The number of carbonyl (C=O) groups excluding carboxylic acids is 1. The number of fused-ring (bicyclic) bond motifs is 5. The van der Waals surface area contributed by atoms with E-state index >= 15 is 0 Å². The number of aliphatic hydroxyl groups excluding tert-OH is 2. The summed E-state index contributed by atoms with van der Waals surface area (Å²) in [5.41, 5.74) is -2.23. The van der Waals surface area contributed by atoms with Gasteiger partial charge in [-0.3, -0.25) is 4.79 Å². The van der Waals surface area contributed by atoms with Gasteiger partial charge in [-0.25, -0.2) is 0 Å². The van der Waals surface area contributed by atoms with Crippen LogP contribution < -0.4 is 0 Å². The van der Waals surface area contributed by atoms with Crippen LogP contribution in [0.2, 0.25) is 0 Å². The average molecular weight is 433 g/mol. The summed E-state index contributed by atoms with van der Waals surface area (Å²) >= 11 is 0. The van der Waals surface area contributed by atoms with Crippen LogP contribution in [0.3, 0.4) is 0 Å². The molecule has 0 saturated heterocycles. The Kier molecular flexibility index (Phi) is 6.02. The lowest BCUT2D eigenvalue weighted by Gasteiger charge is -2.64. The Labute approximate surface area is 188 Å². The summed E-state index contributed by atoms with van der Waals surface area (Å²) in [6.45, 7) is 11.3. The topological polar surface area (TPSA) is 77.8 Å². The first kappa shape index (κ1) is 23.4. The highest BCUT2D eigenvalue weighted by atomic mass is 16.3. The first-order valence-corrected chi connectivity index (χ1v) is 12.7. The largest absolute Gasteiger partial charge is 0.393 e. The van der Waals surface area contributed by atoms with Gasteiger partial charge in [0.15, 0.2) is 5.78 Å². The minimum atomic E-state index is -1.59. The van der Waals surface area contributed by atoms with Crippen LogP contribution in [0.4, 0.5) is 0 Å². The molecule has 0 aromatic rings. The van der Waals surface area contributed by atoms with E-state index in [-0.39, 0.29) is 35.9 Å². The number of ketones is 1. The molecule has 176 valence electrons. The predicted octanol–water partition coefficient (Wildman–Crippen LogP) is 4.51. The fraction of sp³-hybridized carbons (Fsp3) is 0.889. The van der Waals surface area contributed by atoms with Crippen LogP contribution in [-0.4, -0.2) is 38.9 Å². The molecule has 4 nitrogen and oxygen atoms in total. The maximum atomic E-state index is 13.3. The minimum Gasteiger partial charge on any atom is -0.393 e. The number of hydrogen-bond donors (Lipinski definition) is 3. The molecule has 0 radical (unpaired) electrons. The zero-order valence-electron chi connectivity index (χ0n) is 20.2. The third kappa shape index (κ3) is 3.38. The Balaban J connectivity index is 1.60. The van der Waals surface area contributed by atoms with Crippen molar-refractivity contribution in [1.29, 1.82) is 0 Å². The monoisotopic (exact) mass is 432 g/mol. The Morgan fingerprint density at radius 3 is 2.48 bits per heavy atom. The molecule has 0 aromatic carbocycles. The molecule has 4 heteroatoms. The zero-order valence-corrected chi connectivity index (χ0v) is 20.2. The number of aliphatic hydroxyl groups is 3. The van der Waals surface area contributed by atoms with Gasteiger partial charge in [0.05, 0.1) is 12.2 Å². The number of hydrogen-bond acceptors (Lipinski definition) is 4. The summed E-state index contributed by atoms with van der Waals surface area (Å²) in [5.74, 6) is 2.54. The quantitative estimate of drug-likeness (QED) is 0.571. The van der Waals surface area contributed by atoms with Crippen molar-refractivity contribution < 1.29 is 20.1 Å². The van der Waals surface area contributed by atoms with E-state index < -0.39 is 23.2 Å². The van der Waals surface area contributed by atoms with Gasteiger partial charge in [-0.15, -0.1) is 0 Å². The smallest absolute Gasteiger partial charge is 0.165 e. The van der Waals surface area contributed by atoms with Gasteiger partial charge in [0.2, 0.25) is 0 Å². The van der Waals surface area contributed by atoms with Crippen molar-refractivity contribution in [2.45, 2.75) is 104 Å². The second-order valence-electron chi connectivity index (χ2n) is 12.4. The maximum absolute atomic E-state index is 13.3. The van der Waals surface area contributed by atoms with E-state index in [0.29, 0.717) is 30.1 Å². The molecule has 4 saturated carbocycles. The molecule has 4 aliphatic rings. The minimum absolute atomic E-state index is 0.0743. The van der Waals surface area contributed by atoms with Crippen molar-refractivity contribution in [3.8, 4) is 0 Å². The molecule has 0 aromatic heterocycles. The summed E-state index contributed by atoms with van der Waals surface area (Å²) in [5, 5.41) is 32.8. The summed E-state index contributed by atoms with van der Waals surface area (Å²) in [4.78, 5) is 13.3. The molecular formula is C27H44O4. The number of carbonyl (C=O) groups is 1. The average Bonchev–Trinajstić information content (AvgIpc) is 3.02. The second kappa shape index (κ2) is 7.95. The molecule has 0 bridgehead atoms. The Hall–Kier alpha value is -0.710. The molecule has 31 heavy (non-hydrogen) atoms. The van der Waals surface area contributed by atoms with Crippen molar-refractivity contribution in [1.82, 2.24) is 0 Å². The van der Waals surface area contributed by atoms with Crippen LogP contribution >= 0.6 is 0 Å². The van der Waals surface area contributed by atoms with E-state index in [1.54, 1.807) is 0 Å². The van der Waals surface area contributed by atoms with Gasteiger partial charge >= 0.3 is 0 Å². The van der Waals surface area contributed by atoms with Gasteiger partial charge in [-0.1, -0.05) is 46.8 Å². The summed E-state index contributed by atoms with van der Waals surface area (Å²) in [6.07, 6.45) is 9.39. The van der Waals surface area contributed by atoms with E-state index in [1.165, 1.54) is 6.42 Å². The lowest BCUT2D eigenvalue weighted by molar-refractivity contribution is -0.245. The van der Waals surface area contributed by atoms with Gasteiger partial charge in [-0.2, -0.15) is 0 Å². The van der Waals surface area contributed by atoms with Crippen LogP contribution in [0, 0.1) is 46.3 Å². The maximum Gasteiger partial charge on any atom is 0.165 e. The van der Waals surface area contributed by atoms with E-state index in [4.69, 9.17) is 0 Å². The molecule has 0 amide bonds. The van der Waals surface area contributed by atoms with Crippen molar-refractivity contribution in [2.75, 3.05) is 0 Å². The molecule has 0 aliphatic heterocycles. The third-order valence-corrected chi connectivity index (χ3v) is 10.5. The molecular weight excluding hydrogens is 388 g/mol. The van der Waals surface area contributed by atoms with Crippen LogP contribution in [0.5, 0.6) is 0 Å². The summed E-state index contributed by atoms with van der Waals surface area (Å²) in [7, 11) is 0. The highest BCUT2D eigenvalue weighted by Crippen LogP contribution is 2.68. The van der Waals surface area contributed by atoms with E-state index in [9.17, 15) is 20.1 Å². The zero-order chi connectivity index (χ0) is 22.8. The van der Waals surface area contributed by atoms with Gasteiger partial charge < -0.3 is 15.3 Å². The Morgan fingerprint density at radius 2 is 1.81 bits per heavy atom. The van der Waals surface area contributed by atoms with Crippen molar-refractivity contribution in [3.63, 3.8) is 0 Å². The van der Waals surface area contributed by atoms with Gasteiger partial charge in [0.25, 0.3) is 0 Å². The first-order chi connectivity index (χ1) is 14.4. The molecule has 4 fully saturated rings. The lowest BCUT2D eigenvalue weighted by Crippen LogP contribution is -2.71. The molecule has 0 spiro atoms. The molecule has 4 aliphatic carbocycles. The van der Waals surface area contributed by atoms with Gasteiger partial charge in [-0.05, 0) is 73.0 Å². The van der Waals surface area contributed by atoms with Crippen molar-refractivity contribution in [2.24, 2.45) is 46.3 Å². The standard InChI is InChI=1S/C27H44O4/c1-16(2)7-6-8-17(3)20-9-10-21-19-14-24(30)27(31)15-18(28)13-23(29)26(27,5)22(19)11-12-25(20,21)4/h6,8,16-23,28-29,31H,7,9-15H2,1-5H3/t17-,18+,19+,20-,21+,22+,23-,25-,26+,27+/m1/s1. The lowest BCUT2D eigenvalue weighted by atomic mass is 9.42. The number of rotatable bonds is 4. The molecule has 3 N–H and O–H groups in total. The second-order valence-corrected chi connectivity index (χ2v) is 12.4. The normalized spacial score (nSPS) is 50.9. The van der Waals surface area contributed by atoms with Crippen LogP contribution in [0.25, 0.3) is 0 Å². The molecule has 0 unspecified atom stereocenters. The number of allylic oxidation sites excluding steroid dienone is 2. The van der Waals surface area contributed by atoms with Crippen LogP contribution in [-0.2, 0) is 4.79 Å². The fourth-order valence-corrected chi connectivity index (χ4v) is 8.69. The Bertz CT molecular complexity index is 731. The predicted molar refractivity (Wildman–Crippen MR) is 122 cm³/mol. The molecule has 10 atom stereocenters. The molecule has 0 heterocycles. The highest BCUT2D eigenvalue weighted by Gasteiger charge is 2.70. The fourth-order valence-electron chi connectivity index (χ4n) is 8.69. The summed E-state index contributed by atoms with van der Waals surface area (Å²) < 4.78 is 0. The summed E-state index contributed by atoms with van der Waals surface area (Å²) in [6, 6.07) is 0. The Morgan fingerprint density at radius 1 is 1.10 bits per heavy atom. The van der Waals surface area contributed by atoms with E-state index in [1.807, 2.05) is 6.92 Å². The van der Waals surface area contributed by atoms with Crippen LogP contribution in [0.1, 0.15) is 86.0 Å².